The van der Waals surface area contributed by atoms with E-state index in [2.05, 4.69) is 9.97 Å². The van der Waals surface area contributed by atoms with Crippen LogP contribution in [-0.4, -0.2) is 23.9 Å². The van der Waals surface area contributed by atoms with Gasteiger partial charge < -0.3 is 13.9 Å². The van der Waals surface area contributed by atoms with Gasteiger partial charge in [-0.1, -0.05) is 11.6 Å². The average Bonchev–Trinajstić information content (AvgIpc) is 2.81. The summed E-state index contributed by atoms with van der Waals surface area (Å²) in [6.45, 7) is 0.125. The Hall–Kier alpha value is -1.59. The molecule has 0 fully saturated rings. The maximum atomic E-state index is 5.92. The van der Waals surface area contributed by atoms with E-state index < -0.39 is 0 Å². The van der Waals surface area contributed by atoms with Crippen molar-refractivity contribution in [2.75, 3.05) is 13.9 Å². The Labute approximate surface area is 97.0 Å². The van der Waals surface area contributed by atoms with Gasteiger partial charge in [0.15, 0.2) is 17.7 Å². The summed E-state index contributed by atoms with van der Waals surface area (Å²) < 4.78 is 15.1. The number of hydrogen-bond donors (Lipinski definition) is 0. The molecule has 0 radical (unpaired) electrons. The molecule has 0 aliphatic carbocycles. The van der Waals surface area contributed by atoms with Crippen molar-refractivity contribution >= 4 is 11.6 Å². The highest BCUT2D eigenvalue weighted by Gasteiger charge is 2.09. The molecular formula is C10H9ClN2O3. The van der Waals surface area contributed by atoms with E-state index in [0.717, 1.165) is 0 Å². The number of pyridine rings is 1. The predicted molar refractivity (Wildman–Crippen MR) is 57.2 cm³/mol. The molecule has 2 heterocycles. The van der Waals surface area contributed by atoms with Crippen molar-refractivity contribution < 1.29 is 13.9 Å². The Balaban J connectivity index is 2.23. The van der Waals surface area contributed by atoms with Gasteiger partial charge in [-0.3, -0.25) is 0 Å². The van der Waals surface area contributed by atoms with Crippen LogP contribution in [0.15, 0.2) is 29.0 Å². The molecule has 0 aliphatic rings. The summed E-state index contributed by atoms with van der Waals surface area (Å²) in [6.07, 6.45) is 3.01. The van der Waals surface area contributed by atoms with E-state index in [1.165, 1.54) is 13.4 Å². The van der Waals surface area contributed by atoms with Crippen LogP contribution < -0.4 is 4.74 Å². The quantitative estimate of drug-likeness (QED) is 0.607. The molecule has 16 heavy (non-hydrogen) atoms. The summed E-state index contributed by atoms with van der Waals surface area (Å²) in [5.74, 6) is 0.874. The van der Waals surface area contributed by atoms with Gasteiger partial charge in [0.2, 0.25) is 5.89 Å². The predicted octanol–water partition coefficient (Wildman–Crippen LogP) is 2.37. The van der Waals surface area contributed by atoms with E-state index in [1.54, 1.807) is 18.3 Å². The lowest BCUT2D eigenvalue weighted by Gasteiger charge is -2.06. The minimum absolute atomic E-state index is 0.125. The molecule has 0 N–H and O–H groups in total. The molecule has 0 atom stereocenters. The monoisotopic (exact) mass is 240 g/mol. The molecule has 2 aromatic rings. The summed E-state index contributed by atoms with van der Waals surface area (Å²) >= 11 is 5.92. The Morgan fingerprint density at radius 1 is 1.44 bits per heavy atom. The maximum Gasteiger partial charge on any atom is 0.245 e. The van der Waals surface area contributed by atoms with Gasteiger partial charge in [-0.2, -0.15) is 0 Å². The Kier molecular flexibility index (Phi) is 3.38. The molecule has 84 valence electrons. The standard InChI is InChI=1S/C10H9ClN2O3/c1-14-6-16-8-3-2-7(13-9(8)11)10-12-4-5-15-10/h2-5H,6H2,1H3. The average molecular weight is 241 g/mol. The van der Waals surface area contributed by atoms with Crippen LogP contribution in [-0.2, 0) is 4.74 Å². The fourth-order valence-electron chi connectivity index (χ4n) is 1.12. The third-order valence-corrected chi connectivity index (χ3v) is 2.07. The van der Waals surface area contributed by atoms with Gasteiger partial charge in [-0.15, -0.1) is 0 Å². The fraction of sp³-hybridized carbons (Fsp3) is 0.200. The molecule has 0 saturated heterocycles. The third kappa shape index (κ3) is 2.32. The zero-order valence-corrected chi connectivity index (χ0v) is 9.27. The van der Waals surface area contributed by atoms with Gasteiger partial charge in [-0.05, 0) is 12.1 Å². The summed E-state index contributed by atoms with van der Waals surface area (Å²) in [4.78, 5) is 8.06. The first-order valence-corrected chi connectivity index (χ1v) is 4.87. The van der Waals surface area contributed by atoms with Crippen LogP contribution in [0.3, 0.4) is 0 Å². The molecular weight excluding hydrogens is 232 g/mol. The van der Waals surface area contributed by atoms with Crippen molar-refractivity contribution in [2.45, 2.75) is 0 Å². The van der Waals surface area contributed by atoms with Crippen LogP contribution in [0, 0.1) is 0 Å². The van der Waals surface area contributed by atoms with Crippen molar-refractivity contribution in [3.8, 4) is 17.3 Å². The van der Waals surface area contributed by atoms with Crippen molar-refractivity contribution in [3.63, 3.8) is 0 Å². The molecule has 0 aliphatic heterocycles. The molecule has 6 heteroatoms. The fourth-order valence-corrected chi connectivity index (χ4v) is 1.33. The normalized spacial score (nSPS) is 10.4. The molecule has 0 spiro atoms. The maximum absolute atomic E-state index is 5.92. The second-order valence-corrected chi connectivity index (χ2v) is 3.23. The summed E-state index contributed by atoms with van der Waals surface area (Å²) in [5.41, 5.74) is 0.555. The van der Waals surface area contributed by atoms with E-state index in [4.69, 9.17) is 25.5 Å². The Bertz CT molecular complexity index is 459. The zero-order chi connectivity index (χ0) is 11.4. The number of aromatic nitrogens is 2. The lowest BCUT2D eigenvalue weighted by molar-refractivity contribution is 0.0509. The number of halogens is 1. The highest BCUT2D eigenvalue weighted by Crippen LogP contribution is 2.25. The third-order valence-electron chi connectivity index (χ3n) is 1.80. The Morgan fingerprint density at radius 3 is 2.94 bits per heavy atom. The first-order chi connectivity index (χ1) is 7.81. The number of hydrogen-bond acceptors (Lipinski definition) is 5. The molecule has 0 amide bonds. The number of oxazole rings is 1. The van der Waals surface area contributed by atoms with Crippen LogP contribution in [0.1, 0.15) is 0 Å². The molecule has 0 unspecified atom stereocenters. The lowest BCUT2D eigenvalue weighted by Crippen LogP contribution is -2.00. The minimum Gasteiger partial charge on any atom is -0.464 e. The first kappa shape index (κ1) is 10.9. The minimum atomic E-state index is 0.125. The zero-order valence-electron chi connectivity index (χ0n) is 8.51. The smallest absolute Gasteiger partial charge is 0.245 e. The van der Waals surface area contributed by atoms with Crippen molar-refractivity contribution in [1.29, 1.82) is 0 Å². The molecule has 2 rings (SSSR count). The molecule has 5 nitrogen and oxygen atoms in total. The lowest BCUT2D eigenvalue weighted by atomic mass is 10.3. The van der Waals surface area contributed by atoms with Crippen LogP contribution in [0.2, 0.25) is 5.15 Å². The van der Waals surface area contributed by atoms with Gasteiger partial charge in [-0.25, -0.2) is 9.97 Å². The molecule has 0 bridgehead atoms. The summed E-state index contributed by atoms with van der Waals surface area (Å²) in [7, 11) is 1.53. The van der Waals surface area contributed by atoms with Crippen LogP contribution in [0.5, 0.6) is 5.75 Å². The number of methoxy groups -OCH3 is 1. The SMILES string of the molecule is COCOc1ccc(-c2ncco2)nc1Cl. The van der Waals surface area contributed by atoms with Gasteiger partial charge in [0.25, 0.3) is 0 Å². The van der Waals surface area contributed by atoms with Gasteiger partial charge >= 0.3 is 0 Å². The number of nitrogens with zero attached hydrogens (tertiary/aromatic N) is 2. The Morgan fingerprint density at radius 2 is 2.31 bits per heavy atom. The van der Waals surface area contributed by atoms with E-state index in [1.807, 2.05) is 0 Å². The second-order valence-electron chi connectivity index (χ2n) is 2.87. The molecule has 0 aromatic carbocycles. The summed E-state index contributed by atoms with van der Waals surface area (Å²) in [6, 6.07) is 3.40. The van der Waals surface area contributed by atoms with E-state index in [9.17, 15) is 0 Å². The van der Waals surface area contributed by atoms with Gasteiger partial charge in [0.05, 0.1) is 6.20 Å². The van der Waals surface area contributed by atoms with E-state index >= 15 is 0 Å². The number of ether oxygens (including phenoxy) is 2. The van der Waals surface area contributed by atoms with E-state index in [-0.39, 0.29) is 11.9 Å². The van der Waals surface area contributed by atoms with Crippen LogP contribution in [0.25, 0.3) is 11.6 Å². The van der Waals surface area contributed by atoms with Crippen LogP contribution in [0.4, 0.5) is 0 Å². The van der Waals surface area contributed by atoms with E-state index in [0.29, 0.717) is 17.3 Å². The molecule has 2 aromatic heterocycles. The second kappa shape index (κ2) is 4.96. The topological polar surface area (TPSA) is 57.4 Å². The highest BCUT2D eigenvalue weighted by atomic mass is 35.5. The highest BCUT2D eigenvalue weighted by molar-refractivity contribution is 6.30. The van der Waals surface area contributed by atoms with Crippen molar-refractivity contribution in [3.05, 3.63) is 29.7 Å². The van der Waals surface area contributed by atoms with Gasteiger partial charge in [0.1, 0.15) is 12.0 Å². The molecule has 0 saturated carbocycles. The summed E-state index contributed by atoms with van der Waals surface area (Å²) in [5, 5.41) is 0.243. The number of rotatable bonds is 4. The van der Waals surface area contributed by atoms with Crippen molar-refractivity contribution in [2.24, 2.45) is 0 Å². The van der Waals surface area contributed by atoms with Crippen molar-refractivity contribution in [1.82, 2.24) is 9.97 Å². The first-order valence-electron chi connectivity index (χ1n) is 4.49. The van der Waals surface area contributed by atoms with Gasteiger partial charge in [0, 0.05) is 7.11 Å². The van der Waals surface area contributed by atoms with Crippen LogP contribution >= 0.6 is 11.6 Å². The largest absolute Gasteiger partial charge is 0.464 e.